The molecule has 7 heteroatoms. The van der Waals surface area contributed by atoms with Crippen molar-refractivity contribution in [1.82, 2.24) is 30.0 Å². The molecule has 1 saturated heterocycles. The number of nitrogens with zero attached hydrogens (tertiary/aromatic N) is 5. The lowest BCUT2D eigenvalue weighted by atomic mass is 9.94. The first-order valence-corrected chi connectivity index (χ1v) is 7.66. The van der Waals surface area contributed by atoms with E-state index in [1.807, 2.05) is 17.0 Å². The van der Waals surface area contributed by atoms with E-state index in [2.05, 4.69) is 25.1 Å². The number of fused-ring (bicyclic) bond motifs is 1. The zero-order chi connectivity index (χ0) is 15.6. The van der Waals surface area contributed by atoms with Crippen LogP contribution in [0.5, 0.6) is 0 Å². The highest BCUT2D eigenvalue weighted by Crippen LogP contribution is 2.27. The highest BCUT2D eigenvalue weighted by Gasteiger charge is 2.27. The molecule has 23 heavy (non-hydrogen) atoms. The summed E-state index contributed by atoms with van der Waals surface area (Å²) < 4.78 is 0. The van der Waals surface area contributed by atoms with Gasteiger partial charge in [-0.05, 0) is 31.0 Å². The molecule has 0 bridgehead atoms. The summed E-state index contributed by atoms with van der Waals surface area (Å²) in [5.41, 5.74) is 2.24. The molecule has 0 aliphatic carbocycles. The van der Waals surface area contributed by atoms with Crippen LogP contribution in [0.4, 0.5) is 0 Å². The lowest BCUT2D eigenvalue weighted by molar-refractivity contribution is 0.0700. The maximum Gasteiger partial charge on any atom is 0.272 e. The van der Waals surface area contributed by atoms with Crippen LogP contribution in [0, 0.1) is 0 Å². The maximum atomic E-state index is 12.5. The summed E-state index contributed by atoms with van der Waals surface area (Å²) in [5, 5.41) is 7.90. The van der Waals surface area contributed by atoms with Gasteiger partial charge in [-0.15, -0.1) is 0 Å². The predicted molar refractivity (Wildman–Crippen MR) is 83.8 cm³/mol. The number of carbonyl (C=O) groups excluding carboxylic acids is 1. The van der Waals surface area contributed by atoms with Gasteiger partial charge in [-0.2, -0.15) is 5.10 Å². The van der Waals surface area contributed by atoms with Gasteiger partial charge in [0.1, 0.15) is 12.0 Å². The minimum atomic E-state index is -0.0419. The van der Waals surface area contributed by atoms with Gasteiger partial charge < -0.3 is 4.90 Å². The topological polar surface area (TPSA) is 87.7 Å². The SMILES string of the molecule is O=C(c1ccncn1)N1CCCC(c2ccc3cn[nH]c3n2)C1. The van der Waals surface area contributed by atoms with Gasteiger partial charge in [-0.1, -0.05) is 0 Å². The molecule has 0 radical (unpaired) electrons. The summed E-state index contributed by atoms with van der Waals surface area (Å²) in [7, 11) is 0. The van der Waals surface area contributed by atoms with Crippen molar-refractivity contribution in [2.24, 2.45) is 0 Å². The summed E-state index contributed by atoms with van der Waals surface area (Å²) in [4.78, 5) is 27.0. The largest absolute Gasteiger partial charge is 0.337 e. The van der Waals surface area contributed by atoms with Crippen molar-refractivity contribution >= 4 is 16.9 Å². The number of nitrogens with one attached hydrogen (secondary N) is 1. The summed E-state index contributed by atoms with van der Waals surface area (Å²) >= 11 is 0. The third-order valence-electron chi connectivity index (χ3n) is 4.25. The highest BCUT2D eigenvalue weighted by molar-refractivity contribution is 5.92. The fourth-order valence-corrected chi connectivity index (χ4v) is 3.05. The summed E-state index contributed by atoms with van der Waals surface area (Å²) in [6, 6.07) is 5.70. The number of rotatable bonds is 2. The number of pyridine rings is 1. The standard InChI is InChI=1S/C16H16N6O/c23-16(14-5-6-17-10-18-14)22-7-1-2-12(9-22)13-4-3-11-8-19-21-15(11)20-13/h3-6,8,10,12H,1-2,7,9H2,(H,19,20,21). The molecule has 3 aromatic rings. The van der Waals surface area contributed by atoms with Crippen LogP contribution in [-0.2, 0) is 0 Å². The van der Waals surface area contributed by atoms with Gasteiger partial charge in [0.2, 0.25) is 0 Å². The molecule has 0 aromatic carbocycles. The number of amides is 1. The summed E-state index contributed by atoms with van der Waals surface area (Å²) in [6.07, 6.45) is 6.75. The van der Waals surface area contributed by atoms with Crippen LogP contribution in [0.15, 0.2) is 36.9 Å². The first kappa shape index (κ1) is 13.8. The number of likely N-dealkylation sites (tertiary alicyclic amines) is 1. The van der Waals surface area contributed by atoms with E-state index in [1.165, 1.54) is 6.33 Å². The van der Waals surface area contributed by atoms with Crippen LogP contribution in [-0.4, -0.2) is 49.0 Å². The molecular weight excluding hydrogens is 292 g/mol. The molecule has 1 unspecified atom stereocenters. The van der Waals surface area contributed by atoms with Crippen molar-refractivity contribution < 1.29 is 4.79 Å². The Labute approximate surface area is 132 Å². The van der Waals surface area contributed by atoms with Crippen molar-refractivity contribution in [3.63, 3.8) is 0 Å². The smallest absolute Gasteiger partial charge is 0.272 e. The van der Waals surface area contributed by atoms with Crippen LogP contribution in [0.25, 0.3) is 11.0 Å². The lowest BCUT2D eigenvalue weighted by Gasteiger charge is -2.32. The second-order valence-electron chi connectivity index (χ2n) is 5.73. The Hall–Kier alpha value is -2.83. The Bertz CT molecular complexity index is 831. The molecular formula is C16H16N6O. The van der Waals surface area contributed by atoms with Gasteiger partial charge in [0, 0.05) is 36.3 Å². The number of carbonyl (C=O) groups is 1. The molecule has 0 spiro atoms. The van der Waals surface area contributed by atoms with Crippen molar-refractivity contribution in [2.75, 3.05) is 13.1 Å². The second-order valence-corrected chi connectivity index (χ2v) is 5.73. The molecule has 7 nitrogen and oxygen atoms in total. The molecule has 1 aliphatic rings. The predicted octanol–water partition coefficient (Wildman–Crippen LogP) is 1.77. The number of H-pyrrole nitrogens is 1. The molecule has 3 aromatic heterocycles. The molecule has 1 atom stereocenters. The molecule has 1 N–H and O–H groups in total. The molecule has 116 valence electrons. The molecule has 1 amide bonds. The van der Waals surface area contributed by atoms with E-state index in [4.69, 9.17) is 0 Å². The Balaban J connectivity index is 1.55. The molecule has 0 saturated carbocycles. The first-order valence-electron chi connectivity index (χ1n) is 7.66. The van der Waals surface area contributed by atoms with Gasteiger partial charge in [-0.3, -0.25) is 9.89 Å². The van der Waals surface area contributed by atoms with Crippen molar-refractivity contribution in [3.05, 3.63) is 48.3 Å². The monoisotopic (exact) mass is 308 g/mol. The van der Waals surface area contributed by atoms with E-state index in [1.54, 1.807) is 18.5 Å². The van der Waals surface area contributed by atoms with Crippen LogP contribution < -0.4 is 0 Å². The molecule has 4 rings (SSSR count). The maximum absolute atomic E-state index is 12.5. The Morgan fingerprint density at radius 2 is 2.26 bits per heavy atom. The van der Waals surface area contributed by atoms with Crippen LogP contribution >= 0.6 is 0 Å². The van der Waals surface area contributed by atoms with E-state index < -0.39 is 0 Å². The highest BCUT2D eigenvalue weighted by atomic mass is 16.2. The Morgan fingerprint density at radius 1 is 1.30 bits per heavy atom. The van der Waals surface area contributed by atoms with E-state index in [0.717, 1.165) is 36.1 Å². The van der Waals surface area contributed by atoms with E-state index in [0.29, 0.717) is 12.2 Å². The third-order valence-corrected chi connectivity index (χ3v) is 4.25. The normalized spacial score (nSPS) is 18.3. The van der Waals surface area contributed by atoms with Crippen molar-refractivity contribution in [1.29, 1.82) is 0 Å². The van der Waals surface area contributed by atoms with E-state index in [-0.39, 0.29) is 11.8 Å². The lowest BCUT2D eigenvalue weighted by Crippen LogP contribution is -2.39. The molecule has 4 heterocycles. The van der Waals surface area contributed by atoms with Gasteiger partial charge in [0.15, 0.2) is 5.65 Å². The Kier molecular flexibility index (Phi) is 3.45. The fraction of sp³-hybridized carbons (Fsp3) is 0.312. The average Bonchev–Trinajstić information content (AvgIpc) is 3.09. The first-order chi connectivity index (χ1) is 11.3. The Morgan fingerprint density at radius 3 is 3.13 bits per heavy atom. The third kappa shape index (κ3) is 2.65. The summed E-state index contributed by atoms with van der Waals surface area (Å²) in [5.74, 6) is 0.196. The average molecular weight is 308 g/mol. The molecule has 1 fully saturated rings. The number of hydrogen-bond acceptors (Lipinski definition) is 5. The quantitative estimate of drug-likeness (QED) is 0.779. The summed E-state index contributed by atoms with van der Waals surface area (Å²) in [6.45, 7) is 1.42. The van der Waals surface area contributed by atoms with E-state index >= 15 is 0 Å². The van der Waals surface area contributed by atoms with E-state index in [9.17, 15) is 4.79 Å². The number of aromatic amines is 1. The number of hydrogen-bond donors (Lipinski definition) is 1. The minimum Gasteiger partial charge on any atom is -0.337 e. The minimum absolute atomic E-state index is 0.0419. The molecule has 1 aliphatic heterocycles. The van der Waals surface area contributed by atoms with Gasteiger partial charge in [-0.25, -0.2) is 15.0 Å². The van der Waals surface area contributed by atoms with Crippen molar-refractivity contribution in [2.45, 2.75) is 18.8 Å². The van der Waals surface area contributed by atoms with Gasteiger partial charge in [0.25, 0.3) is 5.91 Å². The van der Waals surface area contributed by atoms with Crippen LogP contribution in [0.1, 0.15) is 34.9 Å². The fourth-order valence-electron chi connectivity index (χ4n) is 3.05. The number of aromatic nitrogens is 5. The second kappa shape index (κ2) is 5.75. The number of piperidine rings is 1. The van der Waals surface area contributed by atoms with Gasteiger partial charge >= 0.3 is 0 Å². The van der Waals surface area contributed by atoms with Crippen LogP contribution in [0.3, 0.4) is 0 Å². The zero-order valence-electron chi connectivity index (χ0n) is 12.5. The van der Waals surface area contributed by atoms with Crippen LogP contribution in [0.2, 0.25) is 0 Å². The van der Waals surface area contributed by atoms with Crippen molar-refractivity contribution in [3.8, 4) is 0 Å². The zero-order valence-corrected chi connectivity index (χ0v) is 12.5. The van der Waals surface area contributed by atoms with Gasteiger partial charge in [0.05, 0.1) is 6.20 Å².